The fourth-order valence-corrected chi connectivity index (χ4v) is 2.66. The predicted octanol–water partition coefficient (Wildman–Crippen LogP) is 2.49. The average Bonchev–Trinajstić information content (AvgIpc) is 2.92. The van der Waals surface area contributed by atoms with Crippen LogP contribution in [0.3, 0.4) is 0 Å². The first-order chi connectivity index (χ1) is 10.1. The summed E-state index contributed by atoms with van der Waals surface area (Å²) in [4.78, 5) is 25.5. The zero-order valence-corrected chi connectivity index (χ0v) is 11.6. The quantitative estimate of drug-likeness (QED) is 0.920. The smallest absolute Gasteiger partial charge is 0.308 e. The molecule has 0 saturated heterocycles. The predicted molar refractivity (Wildman–Crippen MR) is 76.4 cm³/mol. The molecule has 108 valence electrons. The third-order valence-corrected chi connectivity index (χ3v) is 3.72. The third kappa shape index (κ3) is 2.42. The Kier molecular flexibility index (Phi) is 3.25. The van der Waals surface area contributed by atoms with Crippen molar-refractivity contribution in [2.75, 3.05) is 11.4 Å². The molecule has 1 amide bonds. The molecular weight excluding hydrogens is 270 g/mol. The molecule has 0 aliphatic carbocycles. The molecule has 0 saturated carbocycles. The van der Waals surface area contributed by atoms with E-state index in [4.69, 9.17) is 4.42 Å². The standard InChI is InChI=1S/C16H15NO4/c1-10-6-13(9-21-10)15(18)17-8-12(16(19)20)7-11-4-2-3-5-14(11)17/h2-6,9,12H,7-8H2,1H3,(H,19,20). The Bertz CT molecular complexity index is 704. The first-order valence-electron chi connectivity index (χ1n) is 6.74. The number of aliphatic carboxylic acids is 1. The number of para-hydroxylation sites is 1. The summed E-state index contributed by atoms with van der Waals surface area (Å²) in [5.74, 6) is -1.05. The van der Waals surface area contributed by atoms with Crippen LogP contribution in [0.2, 0.25) is 0 Å². The molecule has 1 aromatic carbocycles. The van der Waals surface area contributed by atoms with Gasteiger partial charge in [0, 0.05) is 12.2 Å². The van der Waals surface area contributed by atoms with Gasteiger partial charge in [-0.25, -0.2) is 0 Å². The highest BCUT2D eigenvalue weighted by molar-refractivity contribution is 6.07. The van der Waals surface area contributed by atoms with E-state index in [1.54, 1.807) is 13.0 Å². The van der Waals surface area contributed by atoms with Crippen molar-refractivity contribution >= 4 is 17.6 Å². The largest absolute Gasteiger partial charge is 0.481 e. The number of amides is 1. The summed E-state index contributed by atoms with van der Waals surface area (Å²) in [6.07, 6.45) is 1.85. The van der Waals surface area contributed by atoms with Crippen LogP contribution in [0.5, 0.6) is 0 Å². The molecule has 1 atom stereocenters. The molecule has 5 heteroatoms. The lowest BCUT2D eigenvalue weighted by molar-refractivity contribution is -0.141. The zero-order valence-electron chi connectivity index (χ0n) is 11.6. The molecule has 0 fully saturated rings. The molecule has 2 aromatic rings. The number of hydrogen-bond donors (Lipinski definition) is 1. The summed E-state index contributed by atoms with van der Waals surface area (Å²) in [5, 5.41) is 9.28. The van der Waals surface area contributed by atoms with Gasteiger partial charge in [-0.2, -0.15) is 0 Å². The molecule has 2 heterocycles. The monoisotopic (exact) mass is 285 g/mol. The van der Waals surface area contributed by atoms with Gasteiger partial charge in [-0.05, 0) is 31.0 Å². The molecule has 1 aliphatic rings. The fourth-order valence-electron chi connectivity index (χ4n) is 2.66. The Morgan fingerprint density at radius 3 is 2.76 bits per heavy atom. The molecule has 1 unspecified atom stereocenters. The molecular formula is C16H15NO4. The molecule has 5 nitrogen and oxygen atoms in total. The maximum Gasteiger partial charge on any atom is 0.308 e. The highest BCUT2D eigenvalue weighted by Gasteiger charge is 2.32. The molecule has 1 aliphatic heterocycles. The summed E-state index contributed by atoms with van der Waals surface area (Å²) >= 11 is 0. The Hall–Kier alpha value is -2.56. The van der Waals surface area contributed by atoms with E-state index < -0.39 is 11.9 Å². The fraction of sp³-hybridized carbons (Fsp3) is 0.250. The molecule has 21 heavy (non-hydrogen) atoms. The van der Waals surface area contributed by atoms with Crippen LogP contribution in [0.4, 0.5) is 5.69 Å². The molecule has 0 radical (unpaired) electrons. The maximum atomic E-state index is 12.6. The van der Waals surface area contributed by atoms with Gasteiger partial charge in [-0.1, -0.05) is 18.2 Å². The van der Waals surface area contributed by atoms with Crippen molar-refractivity contribution in [2.45, 2.75) is 13.3 Å². The van der Waals surface area contributed by atoms with Crippen molar-refractivity contribution < 1.29 is 19.1 Å². The van der Waals surface area contributed by atoms with E-state index in [-0.39, 0.29) is 12.5 Å². The van der Waals surface area contributed by atoms with E-state index in [2.05, 4.69) is 0 Å². The molecule has 1 aromatic heterocycles. The number of rotatable bonds is 2. The number of benzene rings is 1. The first kappa shape index (κ1) is 13.4. The van der Waals surface area contributed by atoms with Gasteiger partial charge in [0.05, 0.1) is 11.5 Å². The Morgan fingerprint density at radius 1 is 1.33 bits per heavy atom. The second kappa shape index (κ2) is 5.09. The van der Waals surface area contributed by atoms with Gasteiger partial charge in [0.1, 0.15) is 12.0 Å². The number of carboxylic acids is 1. The molecule has 0 spiro atoms. The van der Waals surface area contributed by atoms with Gasteiger partial charge in [0.25, 0.3) is 5.91 Å². The summed E-state index contributed by atoms with van der Waals surface area (Å²) < 4.78 is 5.17. The van der Waals surface area contributed by atoms with Crippen LogP contribution in [-0.4, -0.2) is 23.5 Å². The first-order valence-corrected chi connectivity index (χ1v) is 6.74. The van der Waals surface area contributed by atoms with Crippen LogP contribution in [0, 0.1) is 12.8 Å². The SMILES string of the molecule is Cc1cc(C(=O)N2CC(C(=O)O)Cc3ccccc32)co1. The number of nitrogens with zero attached hydrogens (tertiary/aromatic N) is 1. The lowest BCUT2D eigenvalue weighted by Gasteiger charge is -2.32. The maximum absolute atomic E-state index is 12.6. The van der Waals surface area contributed by atoms with E-state index in [0.29, 0.717) is 17.7 Å². The zero-order chi connectivity index (χ0) is 15.0. The van der Waals surface area contributed by atoms with Crippen LogP contribution >= 0.6 is 0 Å². The van der Waals surface area contributed by atoms with E-state index in [1.807, 2.05) is 24.3 Å². The van der Waals surface area contributed by atoms with Gasteiger partial charge >= 0.3 is 5.97 Å². The van der Waals surface area contributed by atoms with Gasteiger partial charge < -0.3 is 14.4 Å². The van der Waals surface area contributed by atoms with E-state index in [9.17, 15) is 14.7 Å². The van der Waals surface area contributed by atoms with Crippen molar-refractivity contribution in [3.8, 4) is 0 Å². The third-order valence-electron chi connectivity index (χ3n) is 3.72. The van der Waals surface area contributed by atoms with Gasteiger partial charge in [-0.3, -0.25) is 9.59 Å². The Labute approximate surface area is 121 Å². The van der Waals surface area contributed by atoms with E-state index in [1.165, 1.54) is 11.2 Å². The van der Waals surface area contributed by atoms with Crippen LogP contribution < -0.4 is 4.90 Å². The number of fused-ring (bicyclic) bond motifs is 1. The number of hydrogen-bond acceptors (Lipinski definition) is 3. The molecule has 1 N–H and O–H groups in total. The lowest BCUT2D eigenvalue weighted by atomic mass is 9.92. The van der Waals surface area contributed by atoms with Crippen molar-refractivity contribution in [1.82, 2.24) is 0 Å². The minimum atomic E-state index is -0.884. The minimum Gasteiger partial charge on any atom is -0.481 e. The van der Waals surface area contributed by atoms with Crippen LogP contribution in [0.25, 0.3) is 0 Å². The van der Waals surface area contributed by atoms with Crippen molar-refractivity contribution in [3.63, 3.8) is 0 Å². The van der Waals surface area contributed by atoms with Crippen LogP contribution in [-0.2, 0) is 11.2 Å². The van der Waals surface area contributed by atoms with E-state index >= 15 is 0 Å². The highest BCUT2D eigenvalue weighted by Crippen LogP contribution is 2.31. The molecule has 0 bridgehead atoms. The van der Waals surface area contributed by atoms with Gasteiger partial charge in [0.2, 0.25) is 0 Å². The second-order valence-corrected chi connectivity index (χ2v) is 5.23. The highest BCUT2D eigenvalue weighted by atomic mass is 16.4. The number of aryl methyl sites for hydroxylation is 1. The van der Waals surface area contributed by atoms with Gasteiger partial charge in [-0.15, -0.1) is 0 Å². The van der Waals surface area contributed by atoms with E-state index in [0.717, 1.165) is 11.3 Å². The number of anilines is 1. The van der Waals surface area contributed by atoms with Crippen molar-refractivity contribution in [3.05, 3.63) is 53.5 Å². The van der Waals surface area contributed by atoms with Gasteiger partial charge in [0.15, 0.2) is 0 Å². The Morgan fingerprint density at radius 2 is 2.10 bits per heavy atom. The van der Waals surface area contributed by atoms with Crippen LogP contribution in [0.1, 0.15) is 21.7 Å². The summed E-state index contributed by atoms with van der Waals surface area (Å²) in [7, 11) is 0. The normalized spacial score (nSPS) is 17.4. The minimum absolute atomic E-state index is 0.176. The summed E-state index contributed by atoms with van der Waals surface area (Å²) in [6, 6.07) is 9.08. The topological polar surface area (TPSA) is 70.8 Å². The summed E-state index contributed by atoms with van der Waals surface area (Å²) in [5.41, 5.74) is 2.09. The van der Waals surface area contributed by atoms with Crippen molar-refractivity contribution in [1.29, 1.82) is 0 Å². The number of furan rings is 1. The number of carbonyl (C=O) groups excluding carboxylic acids is 1. The average molecular weight is 285 g/mol. The van der Waals surface area contributed by atoms with Crippen LogP contribution in [0.15, 0.2) is 41.0 Å². The van der Waals surface area contributed by atoms with Crippen molar-refractivity contribution in [2.24, 2.45) is 5.92 Å². The number of carbonyl (C=O) groups is 2. The Balaban J connectivity index is 2.00. The number of carboxylic acid groups (broad SMARTS) is 1. The second-order valence-electron chi connectivity index (χ2n) is 5.23. The molecule has 3 rings (SSSR count). The lowest BCUT2D eigenvalue weighted by Crippen LogP contribution is -2.42. The summed E-state index contributed by atoms with van der Waals surface area (Å²) in [6.45, 7) is 1.94.